The summed E-state index contributed by atoms with van der Waals surface area (Å²) in [6.07, 6.45) is 3.51. The normalized spacial score (nSPS) is 10.8. The number of benzene rings is 1. The van der Waals surface area contributed by atoms with Gasteiger partial charge < -0.3 is 0 Å². The van der Waals surface area contributed by atoms with Crippen molar-refractivity contribution in [1.29, 1.82) is 0 Å². The lowest BCUT2D eigenvalue weighted by molar-refractivity contribution is -0.116. The van der Waals surface area contributed by atoms with Crippen LogP contribution in [0.5, 0.6) is 0 Å². The van der Waals surface area contributed by atoms with E-state index in [0.717, 1.165) is 11.3 Å². The SMILES string of the molecule is Cc1ccnn1CCC(=O)Nc1ncn(Cc2ccc(F)cc2)n1. The van der Waals surface area contributed by atoms with Crippen LogP contribution >= 0.6 is 0 Å². The summed E-state index contributed by atoms with van der Waals surface area (Å²) in [5.74, 6) is -0.207. The Morgan fingerprint density at radius 3 is 2.75 bits per heavy atom. The molecule has 0 fully saturated rings. The van der Waals surface area contributed by atoms with Gasteiger partial charge in [-0.2, -0.15) is 5.10 Å². The van der Waals surface area contributed by atoms with Crippen molar-refractivity contribution in [1.82, 2.24) is 24.5 Å². The third-order valence-electron chi connectivity index (χ3n) is 3.53. The zero-order valence-corrected chi connectivity index (χ0v) is 13.2. The van der Waals surface area contributed by atoms with Crippen LogP contribution in [-0.4, -0.2) is 30.5 Å². The highest BCUT2D eigenvalue weighted by molar-refractivity contribution is 5.88. The Bertz CT molecular complexity index is 823. The maximum Gasteiger partial charge on any atom is 0.248 e. The Labute approximate surface area is 138 Å². The van der Waals surface area contributed by atoms with Crippen LogP contribution in [0.15, 0.2) is 42.9 Å². The molecule has 3 aromatic rings. The smallest absolute Gasteiger partial charge is 0.248 e. The first-order valence-corrected chi connectivity index (χ1v) is 7.52. The number of nitrogens with zero attached hydrogens (tertiary/aromatic N) is 5. The summed E-state index contributed by atoms with van der Waals surface area (Å²) in [5.41, 5.74) is 1.90. The molecule has 24 heavy (non-hydrogen) atoms. The molecular formula is C16H17FN6O. The minimum atomic E-state index is -0.280. The Kier molecular flexibility index (Phi) is 4.64. The van der Waals surface area contributed by atoms with Crippen molar-refractivity contribution in [3.8, 4) is 0 Å². The Hall–Kier alpha value is -3.03. The van der Waals surface area contributed by atoms with Crippen molar-refractivity contribution in [2.45, 2.75) is 26.4 Å². The second-order valence-electron chi connectivity index (χ2n) is 5.39. The molecule has 0 aliphatic carbocycles. The molecule has 1 aromatic carbocycles. The topological polar surface area (TPSA) is 77.6 Å². The summed E-state index contributed by atoms with van der Waals surface area (Å²) in [6.45, 7) is 2.89. The number of rotatable bonds is 6. The highest BCUT2D eigenvalue weighted by atomic mass is 19.1. The highest BCUT2D eigenvalue weighted by Gasteiger charge is 2.08. The van der Waals surface area contributed by atoms with E-state index in [1.807, 2.05) is 13.0 Å². The summed E-state index contributed by atoms with van der Waals surface area (Å²) >= 11 is 0. The summed E-state index contributed by atoms with van der Waals surface area (Å²) in [6, 6.07) is 8.04. The molecule has 7 nitrogen and oxygen atoms in total. The van der Waals surface area contributed by atoms with E-state index in [9.17, 15) is 9.18 Å². The van der Waals surface area contributed by atoms with E-state index in [2.05, 4.69) is 20.5 Å². The van der Waals surface area contributed by atoms with Crippen LogP contribution in [0, 0.1) is 12.7 Å². The zero-order valence-electron chi connectivity index (χ0n) is 13.2. The van der Waals surface area contributed by atoms with Gasteiger partial charge in [0.25, 0.3) is 0 Å². The number of halogens is 1. The largest absolute Gasteiger partial charge is 0.293 e. The molecule has 0 saturated carbocycles. The number of amides is 1. The van der Waals surface area contributed by atoms with Gasteiger partial charge in [0.15, 0.2) is 0 Å². The van der Waals surface area contributed by atoms with Crippen LogP contribution < -0.4 is 5.32 Å². The molecule has 0 aliphatic rings. The van der Waals surface area contributed by atoms with Crippen LogP contribution in [0.1, 0.15) is 17.7 Å². The van der Waals surface area contributed by atoms with Crippen LogP contribution in [0.3, 0.4) is 0 Å². The molecule has 0 radical (unpaired) electrons. The lowest BCUT2D eigenvalue weighted by Crippen LogP contribution is -2.16. The predicted molar refractivity (Wildman–Crippen MR) is 85.7 cm³/mol. The van der Waals surface area contributed by atoms with Crippen LogP contribution in [0.25, 0.3) is 0 Å². The van der Waals surface area contributed by atoms with E-state index in [-0.39, 0.29) is 24.1 Å². The molecule has 0 atom stereocenters. The van der Waals surface area contributed by atoms with Gasteiger partial charge in [-0.05, 0) is 30.7 Å². The minimum absolute atomic E-state index is 0.176. The number of aryl methyl sites for hydroxylation is 2. The van der Waals surface area contributed by atoms with Gasteiger partial charge in [0.2, 0.25) is 11.9 Å². The number of aromatic nitrogens is 5. The molecule has 2 aromatic heterocycles. The Morgan fingerprint density at radius 1 is 1.25 bits per heavy atom. The average molecular weight is 328 g/mol. The first kappa shape index (κ1) is 15.9. The molecule has 1 amide bonds. The van der Waals surface area contributed by atoms with Gasteiger partial charge in [0.05, 0.1) is 6.54 Å². The number of hydrogen-bond donors (Lipinski definition) is 1. The lowest BCUT2D eigenvalue weighted by Gasteiger charge is -2.04. The maximum absolute atomic E-state index is 12.9. The van der Waals surface area contributed by atoms with Gasteiger partial charge in [0.1, 0.15) is 12.1 Å². The van der Waals surface area contributed by atoms with Crippen LogP contribution in [0.4, 0.5) is 10.3 Å². The third-order valence-corrected chi connectivity index (χ3v) is 3.53. The Morgan fingerprint density at radius 2 is 2.04 bits per heavy atom. The summed E-state index contributed by atoms with van der Waals surface area (Å²) in [7, 11) is 0. The summed E-state index contributed by atoms with van der Waals surface area (Å²) in [4.78, 5) is 16.0. The molecule has 8 heteroatoms. The van der Waals surface area contributed by atoms with Crippen molar-refractivity contribution in [2.75, 3.05) is 5.32 Å². The third kappa shape index (κ3) is 4.03. The van der Waals surface area contributed by atoms with Crippen molar-refractivity contribution in [3.63, 3.8) is 0 Å². The molecule has 0 unspecified atom stereocenters. The fourth-order valence-corrected chi connectivity index (χ4v) is 2.23. The molecule has 3 rings (SSSR count). The highest BCUT2D eigenvalue weighted by Crippen LogP contribution is 2.06. The maximum atomic E-state index is 12.9. The van der Waals surface area contributed by atoms with Crippen LogP contribution in [-0.2, 0) is 17.9 Å². The van der Waals surface area contributed by atoms with Crippen molar-refractivity contribution in [2.24, 2.45) is 0 Å². The quantitative estimate of drug-likeness (QED) is 0.751. The van der Waals surface area contributed by atoms with Gasteiger partial charge in [-0.3, -0.25) is 14.8 Å². The predicted octanol–water partition coefficient (Wildman–Crippen LogP) is 2.00. The molecular weight excluding hydrogens is 311 g/mol. The number of carbonyl (C=O) groups is 1. The van der Waals surface area contributed by atoms with E-state index in [1.54, 1.807) is 27.7 Å². The molecule has 124 valence electrons. The first-order chi connectivity index (χ1) is 11.6. The van der Waals surface area contributed by atoms with Crippen molar-refractivity contribution in [3.05, 3.63) is 59.9 Å². The number of nitrogens with one attached hydrogen (secondary N) is 1. The second kappa shape index (κ2) is 7.03. The van der Waals surface area contributed by atoms with E-state index in [1.165, 1.54) is 18.5 Å². The molecule has 0 bridgehead atoms. The van der Waals surface area contributed by atoms with Gasteiger partial charge >= 0.3 is 0 Å². The number of carbonyl (C=O) groups excluding carboxylic acids is 1. The summed E-state index contributed by atoms with van der Waals surface area (Å²) in [5, 5.41) is 11.0. The van der Waals surface area contributed by atoms with Crippen LogP contribution in [0.2, 0.25) is 0 Å². The first-order valence-electron chi connectivity index (χ1n) is 7.52. The minimum Gasteiger partial charge on any atom is -0.293 e. The fourth-order valence-electron chi connectivity index (χ4n) is 2.23. The van der Waals surface area contributed by atoms with Crippen molar-refractivity contribution >= 4 is 11.9 Å². The van der Waals surface area contributed by atoms with E-state index < -0.39 is 0 Å². The van der Waals surface area contributed by atoms with Gasteiger partial charge in [0, 0.05) is 24.9 Å². The lowest BCUT2D eigenvalue weighted by atomic mass is 10.2. The van der Waals surface area contributed by atoms with Gasteiger partial charge in [-0.1, -0.05) is 12.1 Å². The summed E-state index contributed by atoms with van der Waals surface area (Å²) < 4.78 is 16.2. The monoisotopic (exact) mass is 328 g/mol. The fraction of sp³-hybridized carbons (Fsp3) is 0.250. The molecule has 1 N–H and O–H groups in total. The van der Waals surface area contributed by atoms with E-state index in [0.29, 0.717) is 13.1 Å². The standard InChI is InChI=1S/C16H17FN6O/c1-12-6-8-19-23(12)9-7-15(24)20-16-18-11-22(21-16)10-13-2-4-14(17)5-3-13/h2-6,8,11H,7,9-10H2,1H3,(H,20,21,24). The number of hydrogen-bond acceptors (Lipinski definition) is 4. The molecule has 2 heterocycles. The Balaban J connectivity index is 1.52. The van der Waals surface area contributed by atoms with Gasteiger partial charge in [-0.15, -0.1) is 5.10 Å². The van der Waals surface area contributed by atoms with E-state index >= 15 is 0 Å². The van der Waals surface area contributed by atoms with Crippen molar-refractivity contribution < 1.29 is 9.18 Å². The zero-order chi connectivity index (χ0) is 16.9. The molecule has 0 aliphatic heterocycles. The van der Waals surface area contributed by atoms with Gasteiger partial charge in [-0.25, -0.2) is 14.1 Å². The molecule has 0 spiro atoms. The average Bonchev–Trinajstić information content (AvgIpc) is 3.17. The second-order valence-corrected chi connectivity index (χ2v) is 5.39. The molecule has 0 saturated heterocycles. The van der Waals surface area contributed by atoms with E-state index in [4.69, 9.17) is 0 Å². The number of anilines is 1.